The minimum atomic E-state index is -0.634. The van der Waals surface area contributed by atoms with Gasteiger partial charge in [0.2, 0.25) is 0 Å². The highest BCUT2D eigenvalue weighted by Crippen LogP contribution is 2.63. The van der Waals surface area contributed by atoms with E-state index in [4.69, 9.17) is 4.42 Å². The maximum atomic E-state index is 6.73. The van der Waals surface area contributed by atoms with Crippen molar-refractivity contribution in [3.8, 4) is 33.4 Å². The van der Waals surface area contributed by atoms with E-state index in [-0.39, 0.29) is 0 Å². The fraction of sp³-hybridized carbons (Fsp3) is 0.0411. The number of fused-ring (bicyclic) bond motifs is 16. The lowest BCUT2D eigenvalue weighted by Gasteiger charge is -2.48. The van der Waals surface area contributed by atoms with E-state index in [1.54, 1.807) is 0 Å². The quantitative estimate of drug-likeness (QED) is 0.171. The zero-order chi connectivity index (χ0) is 49.2. The first-order valence-corrected chi connectivity index (χ1v) is 26.2. The zero-order valence-corrected chi connectivity index (χ0v) is 41.0. The standard InChI is InChI=1S/C73H47NO/c1-3-24-50(25-4-1)72(51-26-5-2-6-27-51)61-34-15-13-32-58(61)59-42-41-52(45-65(59)72)74(67-38-20-40-69-71(67)60-33-14-18-39-68(60)75-69)53-44-49-23-19-37-64-70(49)66(46-53)73(64)62-35-16-11-30-56(62)54-28-9-7-21-47(54)43-48-22-8-10-29-55(48)57-31-12-17-36-63(57)73/h1-42,44-46H,43H2. The molecule has 0 N–H and O–H groups in total. The number of anilines is 3. The van der Waals surface area contributed by atoms with Gasteiger partial charge in [-0.2, -0.15) is 0 Å². The van der Waals surface area contributed by atoms with Crippen LogP contribution in [0.25, 0.3) is 66.1 Å². The van der Waals surface area contributed by atoms with Crippen molar-refractivity contribution in [2.24, 2.45) is 0 Å². The van der Waals surface area contributed by atoms with Crippen molar-refractivity contribution in [3.05, 3.63) is 329 Å². The largest absolute Gasteiger partial charge is 0.456 e. The summed E-state index contributed by atoms with van der Waals surface area (Å²) in [7, 11) is 0. The molecule has 16 rings (SSSR count). The van der Waals surface area contributed by atoms with Gasteiger partial charge in [-0.25, -0.2) is 0 Å². The zero-order valence-electron chi connectivity index (χ0n) is 41.0. The molecule has 3 aliphatic carbocycles. The first-order valence-electron chi connectivity index (χ1n) is 26.2. The Morgan fingerprint density at radius 2 is 0.800 bits per heavy atom. The van der Waals surface area contributed by atoms with Crippen molar-refractivity contribution in [1.29, 1.82) is 0 Å². The van der Waals surface area contributed by atoms with Crippen LogP contribution in [0.15, 0.2) is 277 Å². The fourth-order valence-electron chi connectivity index (χ4n) is 14.1. The van der Waals surface area contributed by atoms with Gasteiger partial charge >= 0.3 is 0 Å². The second kappa shape index (κ2) is 16.0. The van der Waals surface area contributed by atoms with Gasteiger partial charge in [-0.05, 0) is 149 Å². The topological polar surface area (TPSA) is 16.4 Å². The number of furan rings is 1. The maximum Gasteiger partial charge on any atom is 0.137 e. The van der Waals surface area contributed by atoms with Gasteiger partial charge in [0.05, 0.1) is 21.9 Å². The first-order chi connectivity index (χ1) is 37.2. The minimum Gasteiger partial charge on any atom is -0.456 e. The molecule has 3 aliphatic rings. The Balaban J connectivity index is 1.02. The average Bonchev–Trinajstić information content (AvgIpc) is 4.02. The van der Waals surface area contributed by atoms with E-state index in [1.165, 1.54) is 99.8 Å². The van der Waals surface area contributed by atoms with Gasteiger partial charge in [-0.1, -0.05) is 231 Å². The smallest absolute Gasteiger partial charge is 0.137 e. The SMILES string of the molecule is c1ccc(C2(c3ccccc3)c3ccccc3-c3ccc(N(c4cc5c6c(cccc6c4)C54c5ccccc5-c5ccccc5Cc5ccccc5-c5ccccc54)c4cccc5oc6ccccc6c45)cc32)cc1. The van der Waals surface area contributed by atoms with Crippen LogP contribution in [0, 0.1) is 0 Å². The highest BCUT2D eigenvalue weighted by molar-refractivity contribution is 6.14. The van der Waals surface area contributed by atoms with Gasteiger partial charge < -0.3 is 9.32 Å². The van der Waals surface area contributed by atoms with Crippen LogP contribution >= 0.6 is 0 Å². The second-order valence-electron chi connectivity index (χ2n) is 20.6. The number of hydrogen-bond donors (Lipinski definition) is 0. The number of para-hydroxylation sites is 1. The molecule has 2 nitrogen and oxygen atoms in total. The van der Waals surface area contributed by atoms with Gasteiger partial charge in [-0.15, -0.1) is 0 Å². The molecule has 0 aliphatic heterocycles. The summed E-state index contributed by atoms with van der Waals surface area (Å²) in [6.45, 7) is 0. The summed E-state index contributed by atoms with van der Waals surface area (Å²) in [6, 6.07) is 102. The van der Waals surface area contributed by atoms with Crippen molar-refractivity contribution in [3.63, 3.8) is 0 Å². The second-order valence-corrected chi connectivity index (χ2v) is 20.6. The molecular formula is C73H47NO. The highest BCUT2D eigenvalue weighted by atomic mass is 16.3. The molecule has 75 heavy (non-hydrogen) atoms. The molecule has 1 heterocycles. The van der Waals surface area contributed by atoms with Gasteiger partial charge in [0.1, 0.15) is 11.2 Å². The number of nitrogens with zero attached hydrogens (tertiary/aromatic N) is 1. The number of benzene rings is 12. The van der Waals surface area contributed by atoms with E-state index in [0.29, 0.717) is 0 Å². The first kappa shape index (κ1) is 42.1. The Kier molecular flexibility index (Phi) is 8.97. The van der Waals surface area contributed by atoms with Crippen molar-refractivity contribution >= 4 is 49.8 Å². The molecule has 0 saturated heterocycles. The van der Waals surface area contributed by atoms with Crippen LogP contribution in [0.1, 0.15) is 55.6 Å². The minimum absolute atomic E-state index is 0.584. The van der Waals surface area contributed by atoms with E-state index < -0.39 is 10.8 Å². The monoisotopic (exact) mass is 953 g/mol. The van der Waals surface area contributed by atoms with Gasteiger partial charge in [-0.3, -0.25) is 0 Å². The van der Waals surface area contributed by atoms with Crippen LogP contribution in [0.5, 0.6) is 0 Å². The van der Waals surface area contributed by atoms with Crippen LogP contribution in [-0.4, -0.2) is 0 Å². The van der Waals surface area contributed by atoms with Crippen molar-refractivity contribution in [2.75, 3.05) is 4.90 Å². The molecule has 0 amide bonds. The summed E-state index contributed by atoms with van der Waals surface area (Å²) in [5, 5.41) is 4.69. The predicted molar refractivity (Wildman–Crippen MR) is 309 cm³/mol. The molecule has 0 atom stereocenters. The molecule has 0 unspecified atom stereocenters. The third-order valence-electron chi connectivity index (χ3n) is 17.0. The van der Waals surface area contributed by atoms with Crippen molar-refractivity contribution in [1.82, 2.24) is 0 Å². The molecule has 2 heteroatoms. The normalized spacial score (nSPS) is 14.0. The highest BCUT2D eigenvalue weighted by Gasteiger charge is 2.51. The molecule has 1 aromatic heterocycles. The lowest BCUT2D eigenvalue weighted by atomic mass is 9.53. The molecule has 12 aromatic carbocycles. The Hall–Kier alpha value is -9.50. The van der Waals surface area contributed by atoms with E-state index in [9.17, 15) is 0 Å². The third-order valence-corrected chi connectivity index (χ3v) is 17.0. The summed E-state index contributed by atoms with van der Waals surface area (Å²) in [4.78, 5) is 2.53. The lowest BCUT2D eigenvalue weighted by molar-refractivity contribution is 0.669. The van der Waals surface area contributed by atoms with E-state index in [2.05, 4.69) is 278 Å². The Bertz CT molecular complexity index is 4340. The van der Waals surface area contributed by atoms with Crippen LogP contribution in [0.4, 0.5) is 17.1 Å². The fourth-order valence-corrected chi connectivity index (χ4v) is 14.1. The molecule has 350 valence electrons. The van der Waals surface area contributed by atoms with Crippen LogP contribution < -0.4 is 4.90 Å². The van der Waals surface area contributed by atoms with E-state index >= 15 is 0 Å². The molecular weight excluding hydrogens is 907 g/mol. The summed E-state index contributed by atoms with van der Waals surface area (Å²) in [5.74, 6) is 0. The number of rotatable bonds is 5. The van der Waals surface area contributed by atoms with Crippen LogP contribution in [0.2, 0.25) is 0 Å². The maximum absolute atomic E-state index is 6.73. The summed E-state index contributed by atoms with van der Waals surface area (Å²) in [6.07, 6.45) is 0.837. The summed E-state index contributed by atoms with van der Waals surface area (Å²) < 4.78 is 6.73. The summed E-state index contributed by atoms with van der Waals surface area (Å²) in [5.41, 5.74) is 24.2. The Morgan fingerprint density at radius 3 is 1.47 bits per heavy atom. The average molecular weight is 954 g/mol. The molecule has 0 radical (unpaired) electrons. The van der Waals surface area contributed by atoms with E-state index in [0.717, 1.165) is 45.4 Å². The van der Waals surface area contributed by atoms with Gasteiger partial charge in [0.25, 0.3) is 0 Å². The number of hydrogen-bond acceptors (Lipinski definition) is 2. The van der Waals surface area contributed by atoms with Crippen molar-refractivity contribution in [2.45, 2.75) is 17.3 Å². The van der Waals surface area contributed by atoms with Gasteiger partial charge in [0, 0.05) is 16.8 Å². The molecule has 0 bridgehead atoms. The molecule has 0 fully saturated rings. The van der Waals surface area contributed by atoms with Crippen LogP contribution in [0.3, 0.4) is 0 Å². The Labute approximate surface area is 436 Å². The van der Waals surface area contributed by atoms with E-state index in [1.807, 2.05) is 0 Å². The lowest BCUT2D eigenvalue weighted by Crippen LogP contribution is -2.39. The van der Waals surface area contributed by atoms with Crippen molar-refractivity contribution < 1.29 is 4.42 Å². The van der Waals surface area contributed by atoms with Crippen LogP contribution in [-0.2, 0) is 17.3 Å². The summed E-state index contributed by atoms with van der Waals surface area (Å²) >= 11 is 0. The molecule has 0 saturated carbocycles. The van der Waals surface area contributed by atoms with Gasteiger partial charge in [0.15, 0.2) is 0 Å². The Morgan fingerprint density at radius 1 is 0.307 bits per heavy atom. The predicted octanol–water partition coefficient (Wildman–Crippen LogP) is 18.5. The molecule has 13 aromatic rings. The molecule has 1 spiro atoms. The third kappa shape index (κ3) is 5.74.